The van der Waals surface area contributed by atoms with E-state index in [4.69, 9.17) is 0 Å². The summed E-state index contributed by atoms with van der Waals surface area (Å²) in [7, 11) is -0.347. The molecule has 1 aliphatic rings. The molecule has 0 saturated heterocycles. The first-order valence-electron chi connectivity index (χ1n) is 4.00. The SMILES string of the molecule is CC1(C)CCCC1(C)[SiH]O. The highest BCUT2D eigenvalue weighted by atomic mass is 28.2. The molecule has 0 aromatic carbocycles. The Kier molecular flexibility index (Phi) is 1.94. The maximum Gasteiger partial charge on any atom is 0.194 e. The largest absolute Gasteiger partial charge is 0.434 e. The van der Waals surface area contributed by atoms with Crippen molar-refractivity contribution >= 4 is 9.76 Å². The van der Waals surface area contributed by atoms with Crippen molar-refractivity contribution in [2.45, 2.75) is 45.1 Å². The van der Waals surface area contributed by atoms with E-state index >= 15 is 0 Å². The van der Waals surface area contributed by atoms with E-state index in [2.05, 4.69) is 20.8 Å². The summed E-state index contributed by atoms with van der Waals surface area (Å²) in [5.41, 5.74) is 0.386. The van der Waals surface area contributed by atoms with Crippen LogP contribution in [0.25, 0.3) is 0 Å². The first-order valence-corrected chi connectivity index (χ1v) is 5.10. The minimum Gasteiger partial charge on any atom is -0.434 e. The Bertz CT molecular complexity index is 133. The van der Waals surface area contributed by atoms with E-state index in [1.807, 2.05) is 0 Å². The van der Waals surface area contributed by atoms with Gasteiger partial charge in [-0.1, -0.05) is 27.2 Å². The van der Waals surface area contributed by atoms with E-state index in [0.29, 0.717) is 5.41 Å². The van der Waals surface area contributed by atoms with Crippen molar-refractivity contribution in [1.82, 2.24) is 0 Å². The van der Waals surface area contributed by atoms with E-state index in [-0.39, 0.29) is 14.8 Å². The van der Waals surface area contributed by atoms with Crippen LogP contribution in [0.4, 0.5) is 0 Å². The van der Waals surface area contributed by atoms with Gasteiger partial charge in [-0.05, 0) is 23.3 Å². The lowest BCUT2D eigenvalue weighted by Crippen LogP contribution is -2.28. The van der Waals surface area contributed by atoms with Crippen LogP contribution in [0.15, 0.2) is 0 Å². The molecule has 1 fully saturated rings. The molecule has 0 heterocycles. The van der Waals surface area contributed by atoms with Gasteiger partial charge >= 0.3 is 0 Å². The van der Waals surface area contributed by atoms with Crippen LogP contribution in [-0.2, 0) is 0 Å². The minimum atomic E-state index is -0.347. The van der Waals surface area contributed by atoms with Crippen LogP contribution in [-0.4, -0.2) is 14.6 Å². The van der Waals surface area contributed by atoms with Crippen molar-refractivity contribution in [2.24, 2.45) is 5.41 Å². The molecule has 10 heavy (non-hydrogen) atoms. The zero-order valence-electron chi connectivity index (χ0n) is 7.15. The van der Waals surface area contributed by atoms with Gasteiger partial charge in [0.2, 0.25) is 0 Å². The third kappa shape index (κ3) is 1.03. The molecule has 2 heteroatoms. The lowest BCUT2D eigenvalue weighted by atomic mass is 9.82. The molecule has 0 bridgehead atoms. The fourth-order valence-electron chi connectivity index (χ4n) is 1.76. The normalized spacial score (nSPS) is 38.4. The van der Waals surface area contributed by atoms with E-state index in [0.717, 1.165) is 0 Å². The topological polar surface area (TPSA) is 20.2 Å². The summed E-state index contributed by atoms with van der Waals surface area (Å²) in [5.74, 6) is 0. The molecule has 1 saturated carbocycles. The first kappa shape index (κ1) is 8.28. The number of hydrogen-bond acceptors (Lipinski definition) is 1. The molecule has 1 rings (SSSR count). The predicted octanol–water partition coefficient (Wildman–Crippen LogP) is 1.72. The summed E-state index contributed by atoms with van der Waals surface area (Å²) in [5, 5.41) is 0.271. The monoisotopic (exact) mass is 157 g/mol. The van der Waals surface area contributed by atoms with Crippen molar-refractivity contribution < 1.29 is 4.80 Å². The lowest BCUT2D eigenvalue weighted by Gasteiger charge is -2.35. The molecule has 0 aromatic heterocycles. The molecule has 0 spiro atoms. The second-order valence-electron chi connectivity index (χ2n) is 4.28. The van der Waals surface area contributed by atoms with Gasteiger partial charge in [-0.2, -0.15) is 0 Å². The Morgan fingerprint density at radius 3 is 2.00 bits per heavy atom. The van der Waals surface area contributed by atoms with Crippen LogP contribution < -0.4 is 0 Å². The van der Waals surface area contributed by atoms with E-state index in [9.17, 15) is 4.80 Å². The third-order valence-corrected chi connectivity index (χ3v) is 4.97. The smallest absolute Gasteiger partial charge is 0.194 e. The average molecular weight is 157 g/mol. The summed E-state index contributed by atoms with van der Waals surface area (Å²) in [6, 6.07) is 0. The molecule has 1 nitrogen and oxygen atoms in total. The molecule has 0 amide bonds. The van der Waals surface area contributed by atoms with Crippen LogP contribution in [0.1, 0.15) is 40.0 Å². The zero-order chi connectivity index (χ0) is 7.83. The van der Waals surface area contributed by atoms with Crippen molar-refractivity contribution in [3.05, 3.63) is 0 Å². The van der Waals surface area contributed by atoms with Gasteiger partial charge in [0.25, 0.3) is 0 Å². The molecule has 1 radical (unpaired) electrons. The third-order valence-electron chi connectivity index (χ3n) is 3.33. The zero-order valence-corrected chi connectivity index (χ0v) is 8.30. The molecule has 59 valence electrons. The van der Waals surface area contributed by atoms with E-state index < -0.39 is 0 Å². The Morgan fingerprint density at radius 2 is 1.80 bits per heavy atom. The second kappa shape index (κ2) is 2.34. The summed E-state index contributed by atoms with van der Waals surface area (Å²) in [6.07, 6.45) is 3.82. The van der Waals surface area contributed by atoms with Gasteiger partial charge in [-0.3, -0.25) is 0 Å². The highest BCUT2D eigenvalue weighted by Crippen LogP contribution is 2.56. The molecule has 1 aliphatic carbocycles. The van der Waals surface area contributed by atoms with Crippen LogP contribution in [0.2, 0.25) is 5.04 Å². The Morgan fingerprint density at radius 1 is 1.20 bits per heavy atom. The fraction of sp³-hybridized carbons (Fsp3) is 1.00. The lowest BCUT2D eigenvalue weighted by molar-refractivity contribution is 0.277. The molecular formula is C8H17OSi. The minimum absolute atomic E-state index is 0.271. The van der Waals surface area contributed by atoms with Crippen molar-refractivity contribution in [3.63, 3.8) is 0 Å². The van der Waals surface area contributed by atoms with Crippen molar-refractivity contribution in [1.29, 1.82) is 0 Å². The second-order valence-corrected chi connectivity index (χ2v) is 5.82. The van der Waals surface area contributed by atoms with Crippen molar-refractivity contribution in [3.8, 4) is 0 Å². The maximum absolute atomic E-state index is 9.24. The number of hydrogen-bond donors (Lipinski definition) is 1. The average Bonchev–Trinajstić information content (AvgIpc) is 2.10. The first-order chi connectivity index (χ1) is 4.52. The van der Waals surface area contributed by atoms with Crippen LogP contribution in [0, 0.1) is 5.41 Å². The summed E-state index contributed by atoms with van der Waals surface area (Å²) in [6.45, 7) is 6.79. The van der Waals surface area contributed by atoms with Gasteiger partial charge in [0.15, 0.2) is 9.76 Å². The van der Waals surface area contributed by atoms with Gasteiger partial charge in [0, 0.05) is 0 Å². The standard InChI is InChI=1S/C8H17OSi/c1-7(2)5-4-6-8(7,3)10-9/h9-10H,4-6H2,1-3H3. The molecule has 1 N–H and O–H groups in total. The molecular weight excluding hydrogens is 140 g/mol. The van der Waals surface area contributed by atoms with Gasteiger partial charge in [-0.15, -0.1) is 0 Å². The van der Waals surface area contributed by atoms with Gasteiger partial charge < -0.3 is 4.80 Å². The Labute approximate surface area is 65.8 Å². The maximum atomic E-state index is 9.24. The van der Waals surface area contributed by atoms with Gasteiger partial charge in [-0.25, -0.2) is 0 Å². The summed E-state index contributed by atoms with van der Waals surface area (Å²) < 4.78 is 0. The Hall–Kier alpha value is 0.177. The van der Waals surface area contributed by atoms with Crippen LogP contribution in [0.3, 0.4) is 0 Å². The van der Waals surface area contributed by atoms with Crippen molar-refractivity contribution in [2.75, 3.05) is 0 Å². The van der Waals surface area contributed by atoms with Gasteiger partial charge in [0.05, 0.1) is 0 Å². The fourth-order valence-corrected chi connectivity index (χ4v) is 2.59. The van der Waals surface area contributed by atoms with Crippen LogP contribution >= 0.6 is 0 Å². The highest BCUT2D eigenvalue weighted by Gasteiger charge is 2.44. The molecule has 1 unspecified atom stereocenters. The van der Waals surface area contributed by atoms with Crippen LogP contribution in [0.5, 0.6) is 0 Å². The molecule has 1 atom stereocenters. The predicted molar refractivity (Wildman–Crippen MR) is 45.4 cm³/mol. The molecule has 0 aromatic rings. The Balaban J connectivity index is 2.76. The summed E-state index contributed by atoms with van der Waals surface area (Å²) in [4.78, 5) is 9.24. The quantitative estimate of drug-likeness (QED) is 0.575. The van der Waals surface area contributed by atoms with E-state index in [1.165, 1.54) is 19.3 Å². The molecule has 0 aliphatic heterocycles. The summed E-state index contributed by atoms with van der Waals surface area (Å²) >= 11 is 0. The highest BCUT2D eigenvalue weighted by molar-refractivity contribution is 6.31. The number of rotatable bonds is 1. The van der Waals surface area contributed by atoms with E-state index in [1.54, 1.807) is 0 Å². The van der Waals surface area contributed by atoms with Gasteiger partial charge in [0.1, 0.15) is 0 Å².